The molecule has 4 heteroatoms. The molecule has 4 nitrogen and oxygen atoms in total. The van der Waals surface area contributed by atoms with E-state index in [-0.39, 0.29) is 11.3 Å². The van der Waals surface area contributed by atoms with Crippen molar-refractivity contribution in [2.45, 2.75) is 38.6 Å². The van der Waals surface area contributed by atoms with Crippen molar-refractivity contribution in [1.82, 2.24) is 0 Å². The molecule has 0 fully saturated rings. The van der Waals surface area contributed by atoms with Crippen molar-refractivity contribution in [3.63, 3.8) is 0 Å². The van der Waals surface area contributed by atoms with Crippen molar-refractivity contribution in [2.24, 2.45) is 0 Å². The van der Waals surface area contributed by atoms with E-state index in [0.29, 0.717) is 11.7 Å². The Hall–Kier alpha value is -2.23. The van der Waals surface area contributed by atoms with Gasteiger partial charge in [-0.1, -0.05) is 6.92 Å². The van der Waals surface area contributed by atoms with Crippen LogP contribution in [0.5, 0.6) is 5.75 Å². The van der Waals surface area contributed by atoms with Crippen LogP contribution in [0.15, 0.2) is 41.0 Å². The third-order valence-electron chi connectivity index (χ3n) is 3.78. The van der Waals surface area contributed by atoms with Crippen LogP contribution in [-0.2, 0) is 0 Å². The summed E-state index contributed by atoms with van der Waals surface area (Å²) in [6.45, 7) is 6.58. The summed E-state index contributed by atoms with van der Waals surface area (Å²) < 4.78 is 10.4. The van der Waals surface area contributed by atoms with Gasteiger partial charge in [-0.3, -0.25) is 0 Å². The standard InChI is InChI=1S/C17H19NO3/c1-11-10-17(2,3)18-14-7-6-12(9-13(11)14)21-16(19)15-5-4-8-20-15/h4-9,11,18H,10H2,1-3H3/t11-/m1/s1. The Labute approximate surface area is 124 Å². The van der Waals surface area contributed by atoms with Crippen molar-refractivity contribution < 1.29 is 13.9 Å². The maximum absolute atomic E-state index is 11.9. The summed E-state index contributed by atoms with van der Waals surface area (Å²) >= 11 is 0. The fourth-order valence-electron chi connectivity index (χ4n) is 2.97. The van der Waals surface area contributed by atoms with E-state index in [0.717, 1.165) is 12.1 Å². The fraction of sp³-hybridized carbons (Fsp3) is 0.353. The largest absolute Gasteiger partial charge is 0.457 e. The Bertz CT molecular complexity index is 659. The number of benzene rings is 1. The highest BCUT2D eigenvalue weighted by molar-refractivity contribution is 5.88. The van der Waals surface area contributed by atoms with Crippen LogP contribution < -0.4 is 10.1 Å². The molecule has 0 saturated heterocycles. The topological polar surface area (TPSA) is 51.5 Å². The molecule has 0 unspecified atom stereocenters. The van der Waals surface area contributed by atoms with Crippen LogP contribution in [-0.4, -0.2) is 11.5 Å². The lowest BCUT2D eigenvalue weighted by molar-refractivity contribution is 0.0701. The molecule has 1 aromatic heterocycles. The first-order valence-corrected chi connectivity index (χ1v) is 7.12. The number of carbonyl (C=O) groups excluding carboxylic acids is 1. The van der Waals surface area contributed by atoms with Gasteiger partial charge in [0, 0.05) is 11.2 Å². The summed E-state index contributed by atoms with van der Waals surface area (Å²) in [7, 11) is 0. The first kappa shape index (κ1) is 13.7. The fourth-order valence-corrected chi connectivity index (χ4v) is 2.97. The average Bonchev–Trinajstić information content (AvgIpc) is 2.92. The van der Waals surface area contributed by atoms with Crippen molar-refractivity contribution in [2.75, 3.05) is 5.32 Å². The summed E-state index contributed by atoms with van der Waals surface area (Å²) in [4.78, 5) is 11.9. The van der Waals surface area contributed by atoms with Crippen LogP contribution >= 0.6 is 0 Å². The second-order valence-corrected chi connectivity index (χ2v) is 6.23. The van der Waals surface area contributed by atoms with Crippen molar-refractivity contribution in [3.05, 3.63) is 47.9 Å². The van der Waals surface area contributed by atoms with Crippen LogP contribution in [0.25, 0.3) is 0 Å². The zero-order valence-corrected chi connectivity index (χ0v) is 12.5. The molecule has 21 heavy (non-hydrogen) atoms. The molecule has 110 valence electrons. The number of ether oxygens (including phenoxy) is 1. The molecule has 1 aliphatic rings. The van der Waals surface area contributed by atoms with Crippen molar-refractivity contribution >= 4 is 11.7 Å². The molecule has 2 heterocycles. The highest BCUT2D eigenvalue weighted by Gasteiger charge is 2.29. The predicted octanol–water partition coefficient (Wildman–Crippen LogP) is 4.20. The lowest BCUT2D eigenvalue weighted by Gasteiger charge is -2.37. The van der Waals surface area contributed by atoms with Crippen molar-refractivity contribution in [1.29, 1.82) is 0 Å². The van der Waals surface area contributed by atoms with Gasteiger partial charge in [-0.25, -0.2) is 4.79 Å². The Morgan fingerprint density at radius 1 is 1.38 bits per heavy atom. The smallest absolute Gasteiger partial charge is 0.379 e. The molecule has 3 rings (SSSR count). The number of hydrogen-bond donors (Lipinski definition) is 1. The molecule has 1 aromatic carbocycles. The summed E-state index contributed by atoms with van der Waals surface area (Å²) in [5, 5.41) is 3.52. The first-order chi connectivity index (χ1) is 9.94. The Balaban J connectivity index is 1.83. The number of hydrogen-bond acceptors (Lipinski definition) is 4. The Kier molecular flexibility index (Phi) is 3.24. The second-order valence-electron chi connectivity index (χ2n) is 6.23. The van der Waals surface area contributed by atoms with Gasteiger partial charge in [0.25, 0.3) is 0 Å². The van der Waals surface area contributed by atoms with E-state index in [1.807, 2.05) is 12.1 Å². The number of rotatable bonds is 2. The molecule has 1 atom stereocenters. The number of carbonyl (C=O) groups is 1. The third-order valence-corrected chi connectivity index (χ3v) is 3.78. The van der Waals surface area contributed by atoms with Gasteiger partial charge in [0.15, 0.2) is 0 Å². The molecule has 0 aliphatic carbocycles. The van der Waals surface area contributed by atoms with Gasteiger partial charge in [-0.15, -0.1) is 0 Å². The first-order valence-electron chi connectivity index (χ1n) is 7.12. The lowest BCUT2D eigenvalue weighted by Crippen LogP contribution is -2.36. The van der Waals surface area contributed by atoms with E-state index in [1.165, 1.54) is 11.8 Å². The third kappa shape index (κ3) is 2.79. The summed E-state index contributed by atoms with van der Waals surface area (Å²) in [6, 6.07) is 8.96. The van der Waals surface area contributed by atoms with Crippen LogP contribution in [0, 0.1) is 0 Å². The van der Waals surface area contributed by atoms with Crippen LogP contribution in [0.1, 0.15) is 49.2 Å². The molecule has 1 aliphatic heterocycles. The minimum atomic E-state index is -0.475. The zero-order valence-electron chi connectivity index (χ0n) is 12.5. The van der Waals surface area contributed by atoms with E-state index >= 15 is 0 Å². The van der Waals surface area contributed by atoms with Gasteiger partial charge in [0.2, 0.25) is 5.76 Å². The number of anilines is 1. The quantitative estimate of drug-likeness (QED) is 0.663. The van der Waals surface area contributed by atoms with E-state index in [9.17, 15) is 4.79 Å². The van der Waals surface area contributed by atoms with E-state index < -0.39 is 5.97 Å². The zero-order chi connectivity index (χ0) is 15.0. The SMILES string of the molecule is C[C@@H]1CC(C)(C)Nc2ccc(OC(=O)c3ccco3)cc21. The number of esters is 1. The molecule has 0 amide bonds. The van der Waals surface area contributed by atoms with Gasteiger partial charge < -0.3 is 14.5 Å². The molecule has 0 saturated carbocycles. The molecular weight excluding hydrogens is 266 g/mol. The monoisotopic (exact) mass is 285 g/mol. The molecule has 0 bridgehead atoms. The normalized spacial score (nSPS) is 19.5. The molecule has 1 N–H and O–H groups in total. The number of fused-ring (bicyclic) bond motifs is 1. The van der Waals surface area contributed by atoms with Crippen LogP contribution in [0.3, 0.4) is 0 Å². The highest BCUT2D eigenvalue weighted by atomic mass is 16.5. The van der Waals surface area contributed by atoms with Gasteiger partial charge in [-0.2, -0.15) is 0 Å². The van der Waals surface area contributed by atoms with E-state index in [2.05, 4.69) is 26.1 Å². The van der Waals surface area contributed by atoms with Gasteiger partial charge in [0.1, 0.15) is 5.75 Å². The summed E-state index contributed by atoms with van der Waals surface area (Å²) in [5.41, 5.74) is 2.37. The van der Waals surface area contributed by atoms with Gasteiger partial charge in [0.05, 0.1) is 6.26 Å². The van der Waals surface area contributed by atoms with Crippen molar-refractivity contribution in [3.8, 4) is 5.75 Å². The average molecular weight is 285 g/mol. The Morgan fingerprint density at radius 3 is 2.90 bits per heavy atom. The summed E-state index contributed by atoms with van der Waals surface area (Å²) in [5.74, 6) is 0.693. The molecule has 0 radical (unpaired) electrons. The minimum absolute atomic E-state index is 0.0821. The maximum atomic E-state index is 11.9. The van der Waals surface area contributed by atoms with Gasteiger partial charge in [-0.05, 0) is 62.1 Å². The minimum Gasteiger partial charge on any atom is -0.457 e. The second kappa shape index (κ2) is 4.95. The Morgan fingerprint density at radius 2 is 2.19 bits per heavy atom. The predicted molar refractivity (Wildman–Crippen MR) is 80.8 cm³/mol. The van der Waals surface area contributed by atoms with Crippen LogP contribution in [0.4, 0.5) is 5.69 Å². The van der Waals surface area contributed by atoms with E-state index in [4.69, 9.17) is 9.15 Å². The number of furan rings is 1. The molecular formula is C17H19NO3. The highest BCUT2D eigenvalue weighted by Crippen LogP contribution is 2.40. The molecule has 2 aromatic rings. The maximum Gasteiger partial charge on any atom is 0.379 e. The summed E-state index contributed by atoms with van der Waals surface area (Å²) in [6.07, 6.45) is 2.49. The van der Waals surface area contributed by atoms with Gasteiger partial charge >= 0.3 is 5.97 Å². The molecule has 0 spiro atoms. The van der Waals surface area contributed by atoms with Crippen LogP contribution in [0.2, 0.25) is 0 Å². The van der Waals surface area contributed by atoms with E-state index in [1.54, 1.807) is 18.2 Å². The lowest BCUT2D eigenvalue weighted by atomic mass is 9.82. The number of nitrogens with one attached hydrogen (secondary N) is 1.